The van der Waals surface area contributed by atoms with E-state index in [0.29, 0.717) is 0 Å². The maximum Gasteiger partial charge on any atom is 0.124 e. The molecule has 5 heteroatoms. The van der Waals surface area contributed by atoms with Crippen LogP contribution in [-0.2, 0) is 0 Å². The predicted molar refractivity (Wildman–Crippen MR) is 92.5 cm³/mol. The van der Waals surface area contributed by atoms with Crippen molar-refractivity contribution in [3.63, 3.8) is 0 Å². The summed E-state index contributed by atoms with van der Waals surface area (Å²) in [4.78, 5) is 0. The highest BCUT2D eigenvalue weighted by atomic mass is 79.9. The third-order valence-corrected chi connectivity index (χ3v) is 4.91. The molecule has 1 atom stereocenters. The molecule has 1 unspecified atom stereocenters. The number of halogens is 3. The molecular weight excluding hydrogens is 450 g/mol. The highest BCUT2D eigenvalue weighted by molar-refractivity contribution is 9.11. The number of benzene rings is 2. The minimum atomic E-state index is 0.258. The lowest BCUT2D eigenvalue weighted by molar-refractivity contribution is 0.274. The third kappa shape index (κ3) is 3.05. The zero-order chi connectivity index (χ0) is 14.1. The maximum atomic E-state index is 5.72. The molecule has 0 saturated heterocycles. The number of hydrogen-bond acceptors (Lipinski definition) is 2. The van der Waals surface area contributed by atoms with Gasteiger partial charge in [-0.15, -0.1) is 0 Å². The SMILES string of the molecule is Brc1ccc(NC2CCOc3ccc(Br)cc32)c(Br)c1. The van der Waals surface area contributed by atoms with Gasteiger partial charge in [0.2, 0.25) is 0 Å². The van der Waals surface area contributed by atoms with Crippen LogP contribution in [0, 0.1) is 0 Å². The van der Waals surface area contributed by atoms with Crippen molar-refractivity contribution in [2.45, 2.75) is 12.5 Å². The second-order valence-corrected chi connectivity index (χ2v) is 7.33. The molecule has 2 aromatic carbocycles. The molecule has 0 aromatic heterocycles. The molecule has 2 nitrogen and oxygen atoms in total. The van der Waals surface area contributed by atoms with Gasteiger partial charge in [0.05, 0.1) is 12.6 Å². The van der Waals surface area contributed by atoms with Crippen molar-refractivity contribution in [3.8, 4) is 5.75 Å². The van der Waals surface area contributed by atoms with Crippen molar-refractivity contribution < 1.29 is 4.74 Å². The van der Waals surface area contributed by atoms with Gasteiger partial charge in [0.1, 0.15) is 5.75 Å². The fourth-order valence-corrected chi connectivity index (χ4v) is 3.85. The van der Waals surface area contributed by atoms with Crippen molar-refractivity contribution in [1.82, 2.24) is 0 Å². The Labute approximate surface area is 143 Å². The highest BCUT2D eigenvalue weighted by Gasteiger charge is 2.22. The number of rotatable bonds is 2. The first-order chi connectivity index (χ1) is 9.63. The number of fused-ring (bicyclic) bond motifs is 1. The van der Waals surface area contributed by atoms with Gasteiger partial charge in [-0.2, -0.15) is 0 Å². The Bertz CT molecular complexity index is 645. The predicted octanol–water partition coefficient (Wildman–Crippen LogP) is 5.91. The zero-order valence-electron chi connectivity index (χ0n) is 10.5. The number of nitrogens with one attached hydrogen (secondary N) is 1. The van der Waals surface area contributed by atoms with Crippen molar-refractivity contribution in [1.29, 1.82) is 0 Å². The Morgan fingerprint density at radius 2 is 1.75 bits per heavy atom. The standard InChI is InChI=1S/C15H12Br3NO/c16-9-2-4-15-11(7-9)13(5-6-20-15)19-14-3-1-10(17)8-12(14)18/h1-4,7-8,13,19H,5-6H2. The van der Waals surface area contributed by atoms with E-state index in [-0.39, 0.29) is 6.04 Å². The average molecular weight is 462 g/mol. The molecule has 0 aliphatic carbocycles. The molecule has 0 bridgehead atoms. The van der Waals surface area contributed by atoms with Gasteiger partial charge < -0.3 is 10.1 Å². The van der Waals surface area contributed by atoms with E-state index in [9.17, 15) is 0 Å². The lowest BCUT2D eigenvalue weighted by atomic mass is 10.0. The molecule has 0 radical (unpaired) electrons. The topological polar surface area (TPSA) is 21.3 Å². The van der Waals surface area contributed by atoms with E-state index < -0.39 is 0 Å². The van der Waals surface area contributed by atoms with E-state index in [1.54, 1.807) is 0 Å². The van der Waals surface area contributed by atoms with Crippen LogP contribution in [0.25, 0.3) is 0 Å². The molecule has 1 heterocycles. The fraction of sp³-hybridized carbons (Fsp3) is 0.200. The van der Waals surface area contributed by atoms with Gasteiger partial charge in [-0.3, -0.25) is 0 Å². The molecule has 1 aliphatic rings. The Kier molecular flexibility index (Phi) is 4.38. The molecule has 0 spiro atoms. The van der Waals surface area contributed by atoms with Crippen molar-refractivity contribution in [3.05, 3.63) is 55.4 Å². The van der Waals surface area contributed by atoms with Crippen LogP contribution in [0.4, 0.5) is 5.69 Å². The molecule has 0 saturated carbocycles. The molecule has 3 rings (SSSR count). The maximum absolute atomic E-state index is 5.72. The van der Waals surface area contributed by atoms with Gasteiger partial charge in [-0.1, -0.05) is 31.9 Å². The van der Waals surface area contributed by atoms with E-state index in [1.807, 2.05) is 24.3 Å². The summed E-state index contributed by atoms with van der Waals surface area (Å²) in [5, 5.41) is 3.59. The first-order valence-corrected chi connectivity index (χ1v) is 8.65. The van der Waals surface area contributed by atoms with Crippen LogP contribution in [0.1, 0.15) is 18.0 Å². The quantitative estimate of drug-likeness (QED) is 0.600. The largest absolute Gasteiger partial charge is 0.493 e. The average Bonchev–Trinajstić information content (AvgIpc) is 2.42. The van der Waals surface area contributed by atoms with Gasteiger partial charge in [0.25, 0.3) is 0 Å². The molecule has 20 heavy (non-hydrogen) atoms. The Morgan fingerprint density at radius 3 is 2.55 bits per heavy atom. The van der Waals surface area contributed by atoms with Crippen LogP contribution in [0.15, 0.2) is 49.8 Å². The van der Waals surface area contributed by atoms with Crippen LogP contribution >= 0.6 is 47.8 Å². The second-order valence-electron chi connectivity index (χ2n) is 4.64. The smallest absolute Gasteiger partial charge is 0.124 e. The van der Waals surface area contributed by atoms with E-state index in [1.165, 1.54) is 5.56 Å². The number of anilines is 1. The van der Waals surface area contributed by atoms with Gasteiger partial charge in [0.15, 0.2) is 0 Å². The zero-order valence-corrected chi connectivity index (χ0v) is 15.3. The molecule has 104 valence electrons. The van der Waals surface area contributed by atoms with E-state index in [4.69, 9.17) is 4.74 Å². The summed E-state index contributed by atoms with van der Waals surface area (Å²) in [6.45, 7) is 0.737. The Hall–Kier alpha value is -0.520. The van der Waals surface area contributed by atoms with Crippen LogP contribution in [0.5, 0.6) is 5.75 Å². The van der Waals surface area contributed by atoms with E-state index >= 15 is 0 Å². The van der Waals surface area contributed by atoms with Crippen molar-refractivity contribution >= 4 is 53.5 Å². The first kappa shape index (κ1) is 14.4. The normalized spacial score (nSPS) is 17.2. The van der Waals surface area contributed by atoms with E-state index in [0.717, 1.165) is 37.9 Å². The molecule has 1 aliphatic heterocycles. The molecule has 1 N–H and O–H groups in total. The Morgan fingerprint density at radius 1 is 1.00 bits per heavy atom. The number of hydrogen-bond donors (Lipinski definition) is 1. The lowest BCUT2D eigenvalue weighted by Crippen LogP contribution is -2.20. The minimum Gasteiger partial charge on any atom is -0.493 e. The van der Waals surface area contributed by atoms with Crippen molar-refractivity contribution in [2.75, 3.05) is 11.9 Å². The fourth-order valence-electron chi connectivity index (χ4n) is 2.31. The minimum absolute atomic E-state index is 0.258. The summed E-state index contributed by atoms with van der Waals surface area (Å²) in [5.74, 6) is 0.963. The Balaban J connectivity index is 1.91. The lowest BCUT2D eigenvalue weighted by Gasteiger charge is -2.28. The summed E-state index contributed by atoms with van der Waals surface area (Å²) in [5.41, 5.74) is 2.28. The highest BCUT2D eigenvalue weighted by Crippen LogP contribution is 2.37. The van der Waals surface area contributed by atoms with Gasteiger partial charge in [0, 0.05) is 31.1 Å². The van der Waals surface area contributed by atoms with Crippen LogP contribution in [0.3, 0.4) is 0 Å². The van der Waals surface area contributed by atoms with Crippen LogP contribution in [0.2, 0.25) is 0 Å². The van der Waals surface area contributed by atoms with Crippen molar-refractivity contribution in [2.24, 2.45) is 0 Å². The van der Waals surface area contributed by atoms with Gasteiger partial charge in [-0.05, 0) is 52.3 Å². The van der Waals surface area contributed by atoms with Gasteiger partial charge >= 0.3 is 0 Å². The first-order valence-electron chi connectivity index (χ1n) is 6.27. The second kappa shape index (κ2) is 6.08. The van der Waals surface area contributed by atoms with Gasteiger partial charge in [-0.25, -0.2) is 0 Å². The molecule has 0 amide bonds. The van der Waals surface area contributed by atoms with Crippen LogP contribution in [-0.4, -0.2) is 6.61 Å². The summed E-state index contributed by atoms with van der Waals surface area (Å²) in [7, 11) is 0. The number of ether oxygens (including phenoxy) is 1. The monoisotopic (exact) mass is 459 g/mol. The van der Waals surface area contributed by atoms with E-state index in [2.05, 4.69) is 65.2 Å². The summed E-state index contributed by atoms with van der Waals surface area (Å²) < 4.78 is 8.90. The van der Waals surface area contributed by atoms with Crippen LogP contribution < -0.4 is 10.1 Å². The third-order valence-electron chi connectivity index (χ3n) is 3.27. The summed E-state index contributed by atoms with van der Waals surface area (Å²) in [6, 6.07) is 12.6. The molecular formula is C15H12Br3NO. The summed E-state index contributed by atoms with van der Waals surface area (Å²) >= 11 is 10.6. The molecule has 0 fully saturated rings. The molecule has 2 aromatic rings. The summed E-state index contributed by atoms with van der Waals surface area (Å²) in [6.07, 6.45) is 0.950.